The van der Waals surface area contributed by atoms with E-state index in [0.717, 1.165) is 0 Å². The molecule has 1 atom stereocenters. The van der Waals surface area contributed by atoms with E-state index in [2.05, 4.69) is 69.3 Å². The fraction of sp³-hybridized carbons (Fsp3) is 0.286. The highest BCUT2D eigenvalue weighted by molar-refractivity contribution is 6.99. The number of hydrogen-bond acceptors (Lipinski definition) is 2. The van der Waals surface area contributed by atoms with Gasteiger partial charge < -0.3 is 9.84 Å². The molecule has 0 saturated carbocycles. The van der Waals surface area contributed by atoms with Gasteiger partial charge in [0, 0.05) is 6.21 Å². The molecule has 0 spiro atoms. The van der Waals surface area contributed by atoms with Crippen LogP contribution in [0.2, 0.25) is 5.04 Å². The summed E-state index contributed by atoms with van der Waals surface area (Å²) in [5.41, 5.74) is 0. The van der Waals surface area contributed by atoms with E-state index in [1.807, 2.05) is 31.2 Å². The summed E-state index contributed by atoms with van der Waals surface area (Å²) in [5.74, 6) is 0. The first-order valence-corrected chi connectivity index (χ1v) is 10.3. The quantitative estimate of drug-likeness (QED) is 0.479. The second-order valence-corrected chi connectivity index (χ2v) is 11.2. The summed E-state index contributed by atoms with van der Waals surface area (Å²) >= 11 is 0. The lowest BCUT2D eigenvalue weighted by molar-refractivity contribution is 0.296. The van der Waals surface area contributed by atoms with Crippen LogP contribution in [0.4, 0.5) is 0 Å². The third kappa shape index (κ3) is 3.58. The average Bonchev–Trinajstić information content (AvgIpc) is 2.59. The lowest BCUT2D eigenvalue weighted by Crippen LogP contribution is -2.67. The molecular formula is C21H27NOSi. The molecule has 0 aliphatic heterocycles. The number of nitrogens with one attached hydrogen (secondary N) is 1. The average molecular weight is 338 g/mol. The monoisotopic (exact) mass is 337 g/mol. The van der Waals surface area contributed by atoms with Gasteiger partial charge in [-0.05, 0) is 22.3 Å². The Labute approximate surface area is 146 Å². The van der Waals surface area contributed by atoms with Gasteiger partial charge in [0.05, 0.1) is 6.10 Å². The van der Waals surface area contributed by atoms with Crippen molar-refractivity contribution in [1.29, 1.82) is 5.41 Å². The lowest BCUT2D eigenvalue weighted by Gasteiger charge is -2.44. The second-order valence-electron chi connectivity index (χ2n) is 6.94. The van der Waals surface area contributed by atoms with Gasteiger partial charge in [-0.25, -0.2) is 0 Å². The van der Waals surface area contributed by atoms with E-state index in [-0.39, 0.29) is 11.1 Å². The van der Waals surface area contributed by atoms with Gasteiger partial charge in [0.2, 0.25) is 0 Å². The van der Waals surface area contributed by atoms with Crippen LogP contribution >= 0.6 is 0 Å². The molecule has 2 aromatic rings. The zero-order valence-corrected chi connectivity index (χ0v) is 16.0. The van der Waals surface area contributed by atoms with Crippen LogP contribution in [0.25, 0.3) is 0 Å². The van der Waals surface area contributed by atoms with Gasteiger partial charge in [0.25, 0.3) is 8.32 Å². The molecule has 0 unspecified atom stereocenters. The van der Waals surface area contributed by atoms with E-state index < -0.39 is 8.32 Å². The minimum Gasteiger partial charge on any atom is -0.396 e. The van der Waals surface area contributed by atoms with E-state index in [1.165, 1.54) is 16.6 Å². The van der Waals surface area contributed by atoms with Crippen LogP contribution < -0.4 is 10.4 Å². The standard InChI is InChI=1S/C21H27NOSi/c1-5-12-18(17-22)23-24(21(2,3)4,19-13-8-6-9-14-19)20-15-10-7-11-16-20/h5-18,22H,1-4H3/b12-5+,22-17?/t18-/m1/s1. The largest absolute Gasteiger partial charge is 0.396 e. The first-order chi connectivity index (χ1) is 11.5. The van der Waals surface area contributed by atoms with Crippen molar-refractivity contribution >= 4 is 24.9 Å². The Morgan fingerprint density at radius 2 is 1.38 bits per heavy atom. The van der Waals surface area contributed by atoms with Crippen LogP contribution in [-0.4, -0.2) is 20.6 Å². The Morgan fingerprint density at radius 1 is 0.917 bits per heavy atom. The Morgan fingerprint density at radius 3 is 1.71 bits per heavy atom. The van der Waals surface area contributed by atoms with Gasteiger partial charge in [0.15, 0.2) is 0 Å². The summed E-state index contributed by atoms with van der Waals surface area (Å²) in [6.45, 7) is 8.70. The van der Waals surface area contributed by atoms with E-state index >= 15 is 0 Å². The van der Waals surface area contributed by atoms with Gasteiger partial charge in [0.1, 0.15) is 0 Å². The van der Waals surface area contributed by atoms with E-state index in [9.17, 15) is 0 Å². The summed E-state index contributed by atoms with van der Waals surface area (Å²) in [7, 11) is -2.57. The lowest BCUT2D eigenvalue weighted by atomic mass is 10.2. The van der Waals surface area contributed by atoms with Gasteiger partial charge in [-0.3, -0.25) is 0 Å². The number of rotatable bonds is 6. The summed E-state index contributed by atoms with van der Waals surface area (Å²) in [5, 5.41) is 10.2. The van der Waals surface area contributed by atoms with Crippen molar-refractivity contribution in [2.24, 2.45) is 0 Å². The van der Waals surface area contributed by atoms with Crippen molar-refractivity contribution in [1.82, 2.24) is 0 Å². The Hall–Kier alpha value is -1.97. The summed E-state index contributed by atoms with van der Waals surface area (Å²) in [6, 6.07) is 21.0. The van der Waals surface area contributed by atoms with Crippen LogP contribution in [0.15, 0.2) is 72.8 Å². The van der Waals surface area contributed by atoms with Gasteiger partial charge >= 0.3 is 0 Å². The smallest absolute Gasteiger partial charge is 0.262 e. The minimum atomic E-state index is -2.57. The highest BCUT2D eigenvalue weighted by Crippen LogP contribution is 2.37. The molecule has 0 aliphatic carbocycles. The predicted molar refractivity (Wildman–Crippen MR) is 106 cm³/mol. The van der Waals surface area contributed by atoms with Crippen LogP contribution in [0.5, 0.6) is 0 Å². The van der Waals surface area contributed by atoms with Crippen LogP contribution in [-0.2, 0) is 4.43 Å². The van der Waals surface area contributed by atoms with Crippen molar-refractivity contribution in [3.63, 3.8) is 0 Å². The number of hydrogen-bond donors (Lipinski definition) is 1. The maximum atomic E-state index is 7.79. The Bertz CT molecular complexity index is 634. The zero-order valence-electron chi connectivity index (χ0n) is 15.0. The topological polar surface area (TPSA) is 33.1 Å². The number of benzene rings is 2. The molecule has 0 heterocycles. The molecule has 126 valence electrons. The normalized spacial score (nSPS) is 13.8. The van der Waals surface area contributed by atoms with Crippen molar-refractivity contribution in [3.8, 4) is 0 Å². The maximum absolute atomic E-state index is 7.79. The third-order valence-electron chi connectivity index (χ3n) is 4.28. The molecular weight excluding hydrogens is 310 g/mol. The molecule has 0 saturated heterocycles. The maximum Gasteiger partial charge on any atom is 0.262 e. The molecule has 24 heavy (non-hydrogen) atoms. The Balaban J connectivity index is 2.72. The van der Waals surface area contributed by atoms with E-state index in [4.69, 9.17) is 9.84 Å². The van der Waals surface area contributed by atoms with Crippen molar-refractivity contribution < 1.29 is 4.43 Å². The van der Waals surface area contributed by atoms with Crippen LogP contribution in [0, 0.1) is 5.41 Å². The first-order valence-electron chi connectivity index (χ1n) is 8.38. The van der Waals surface area contributed by atoms with Crippen LogP contribution in [0.3, 0.4) is 0 Å². The van der Waals surface area contributed by atoms with Gasteiger partial charge in [-0.15, -0.1) is 0 Å². The molecule has 2 aromatic carbocycles. The van der Waals surface area contributed by atoms with Crippen molar-refractivity contribution in [2.45, 2.75) is 38.8 Å². The molecule has 0 radical (unpaired) electrons. The molecule has 0 bridgehead atoms. The predicted octanol–water partition coefficient (Wildman–Crippen LogP) is 4.16. The fourth-order valence-corrected chi connectivity index (χ4v) is 7.78. The third-order valence-corrected chi connectivity index (χ3v) is 9.31. The highest BCUT2D eigenvalue weighted by atomic mass is 28.4. The molecule has 0 amide bonds. The molecule has 3 heteroatoms. The van der Waals surface area contributed by atoms with Crippen LogP contribution in [0.1, 0.15) is 27.7 Å². The van der Waals surface area contributed by atoms with E-state index in [0.29, 0.717) is 0 Å². The molecule has 0 fully saturated rings. The van der Waals surface area contributed by atoms with Crippen molar-refractivity contribution in [2.75, 3.05) is 0 Å². The number of allylic oxidation sites excluding steroid dienone is 1. The van der Waals surface area contributed by atoms with Gasteiger partial charge in [-0.1, -0.05) is 93.6 Å². The SMILES string of the molecule is C/C=C/[C@H](C=N)O[Si](c1ccccc1)(c1ccccc1)C(C)(C)C. The Kier molecular flexibility index (Phi) is 5.92. The highest BCUT2D eigenvalue weighted by Gasteiger charge is 2.51. The molecule has 1 N–H and O–H groups in total. The molecule has 2 nitrogen and oxygen atoms in total. The van der Waals surface area contributed by atoms with Gasteiger partial charge in [-0.2, -0.15) is 0 Å². The minimum absolute atomic E-state index is 0.0709. The molecule has 0 aromatic heterocycles. The molecule has 2 rings (SSSR count). The summed E-state index contributed by atoms with van der Waals surface area (Å²) < 4.78 is 6.77. The second kappa shape index (κ2) is 7.73. The first kappa shape index (κ1) is 18.4. The molecule has 0 aliphatic rings. The summed E-state index contributed by atoms with van der Waals surface area (Å²) in [4.78, 5) is 0. The van der Waals surface area contributed by atoms with E-state index in [1.54, 1.807) is 0 Å². The fourth-order valence-electron chi connectivity index (χ4n) is 3.21. The van der Waals surface area contributed by atoms with Crippen molar-refractivity contribution in [3.05, 3.63) is 72.8 Å². The zero-order chi connectivity index (χ0) is 17.6. The summed E-state index contributed by atoms with van der Waals surface area (Å²) in [6.07, 6.45) is 4.97.